The highest BCUT2D eigenvalue weighted by molar-refractivity contribution is 5.99. The van der Waals surface area contributed by atoms with Crippen LogP contribution < -0.4 is 10.7 Å². The Morgan fingerprint density at radius 3 is 2.55 bits per heavy atom. The Labute approximate surface area is 183 Å². The van der Waals surface area contributed by atoms with Crippen molar-refractivity contribution in [3.8, 4) is 0 Å². The second kappa shape index (κ2) is 9.90. The molecule has 1 fully saturated rings. The van der Waals surface area contributed by atoms with Crippen molar-refractivity contribution in [1.82, 2.24) is 19.8 Å². The lowest BCUT2D eigenvalue weighted by Crippen LogP contribution is -2.42. The van der Waals surface area contributed by atoms with Crippen LogP contribution in [0.25, 0.3) is 0 Å². The Kier molecular flexibility index (Phi) is 7.25. The van der Waals surface area contributed by atoms with Crippen molar-refractivity contribution < 1.29 is 9.59 Å². The number of nitrogens with zero attached hydrogens (tertiary/aromatic N) is 3. The van der Waals surface area contributed by atoms with Gasteiger partial charge in [0.1, 0.15) is 11.1 Å². The molecule has 166 valence electrons. The first-order valence-electron chi connectivity index (χ1n) is 11.0. The minimum atomic E-state index is -0.515. The summed E-state index contributed by atoms with van der Waals surface area (Å²) in [5.74, 6) is -0.477. The van der Waals surface area contributed by atoms with Crippen molar-refractivity contribution in [1.29, 1.82) is 0 Å². The van der Waals surface area contributed by atoms with Crippen molar-refractivity contribution in [2.45, 2.75) is 65.6 Å². The molecule has 0 aliphatic carbocycles. The molecule has 2 aromatic rings. The summed E-state index contributed by atoms with van der Waals surface area (Å²) in [7, 11) is 0. The van der Waals surface area contributed by atoms with Crippen LogP contribution in [0, 0.1) is 5.92 Å². The second-order valence-electron chi connectivity index (χ2n) is 8.93. The first-order chi connectivity index (χ1) is 14.8. The maximum absolute atomic E-state index is 13.6. The van der Waals surface area contributed by atoms with Gasteiger partial charge in [0.25, 0.3) is 11.8 Å². The third kappa shape index (κ3) is 5.40. The molecule has 3 heterocycles. The zero-order chi connectivity index (χ0) is 22.5. The number of amides is 2. The number of aromatic nitrogens is 2. The van der Waals surface area contributed by atoms with Crippen LogP contribution in [0.1, 0.15) is 79.3 Å². The van der Waals surface area contributed by atoms with Crippen LogP contribution in [0.3, 0.4) is 0 Å². The molecule has 0 bridgehead atoms. The highest BCUT2D eigenvalue weighted by Gasteiger charge is 2.31. The fourth-order valence-electron chi connectivity index (χ4n) is 4.06. The van der Waals surface area contributed by atoms with E-state index in [1.54, 1.807) is 34.3 Å². The van der Waals surface area contributed by atoms with E-state index in [0.29, 0.717) is 19.0 Å². The van der Waals surface area contributed by atoms with E-state index < -0.39 is 11.3 Å². The molecule has 31 heavy (non-hydrogen) atoms. The Bertz CT molecular complexity index is 982. The molecule has 1 atom stereocenters. The molecule has 1 aliphatic heterocycles. The molecule has 7 nitrogen and oxygen atoms in total. The normalized spacial score (nSPS) is 16.6. The number of carbonyl (C=O) groups excluding carboxylic acids is 2. The predicted molar refractivity (Wildman–Crippen MR) is 120 cm³/mol. The molecular formula is C24H32N4O3. The van der Waals surface area contributed by atoms with Crippen molar-refractivity contribution in [3.05, 3.63) is 63.8 Å². The van der Waals surface area contributed by atoms with Crippen LogP contribution in [0.2, 0.25) is 0 Å². The van der Waals surface area contributed by atoms with E-state index in [9.17, 15) is 14.4 Å². The van der Waals surface area contributed by atoms with Gasteiger partial charge in [-0.2, -0.15) is 0 Å². The molecule has 2 amide bonds. The third-order valence-electron chi connectivity index (χ3n) is 5.38. The number of carbonyl (C=O) groups is 2. The quantitative estimate of drug-likeness (QED) is 0.770. The monoisotopic (exact) mass is 424 g/mol. The maximum Gasteiger partial charge on any atom is 0.259 e. The van der Waals surface area contributed by atoms with Crippen LogP contribution in [0.5, 0.6) is 0 Å². The van der Waals surface area contributed by atoms with Gasteiger partial charge in [-0.1, -0.05) is 19.9 Å². The third-order valence-corrected chi connectivity index (χ3v) is 5.38. The molecule has 1 aliphatic rings. The highest BCUT2D eigenvalue weighted by atomic mass is 16.2. The zero-order valence-electron chi connectivity index (χ0n) is 18.8. The van der Waals surface area contributed by atoms with Gasteiger partial charge in [0.15, 0.2) is 0 Å². The van der Waals surface area contributed by atoms with Gasteiger partial charge >= 0.3 is 0 Å². The number of nitrogens with one attached hydrogen (secondary N) is 1. The van der Waals surface area contributed by atoms with Gasteiger partial charge < -0.3 is 14.8 Å². The van der Waals surface area contributed by atoms with Gasteiger partial charge in [0.05, 0.1) is 6.04 Å². The molecular weight excluding hydrogens is 392 g/mol. The van der Waals surface area contributed by atoms with Gasteiger partial charge in [-0.3, -0.25) is 19.4 Å². The lowest BCUT2D eigenvalue weighted by molar-refractivity contribution is 0.0608. The first kappa shape index (κ1) is 22.7. The summed E-state index contributed by atoms with van der Waals surface area (Å²) in [4.78, 5) is 45.5. The van der Waals surface area contributed by atoms with Gasteiger partial charge in [0, 0.05) is 43.9 Å². The SMILES string of the molecule is CC(C)Cn1cc(C(=O)NC(C)C)c(=O)c(C(=O)N2CCCC[C@@H]2c2cccnc2)c1. The van der Waals surface area contributed by atoms with Crippen LogP contribution in [-0.2, 0) is 6.54 Å². The van der Waals surface area contributed by atoms with Crippen molar-refractivity contribution in [2.75, 3.05) is 6.54 Å². The molecule has 0 spiro atoms. The van der Waals surface area contributed by atoms with E-state index in [4.69, 9.17) is 0 Å². The van der Waals surface area contributed by atoms with Crippen LogP contribution in [0.4, 0.5) is 0 Å². The van der Waals surface area contributed by atoms with Gasteiger partial charge in [-0.25, -0.2) is 0 Å². The summed E-state index contributed by atoms with van der Waals surface area (Å²) >= 11 is 0. The van der Waals surface area contributed by atoms with Crippen LogP contribution >= 0.6 is 0 Å². The fraction of sp³-hybridized carbons (Fsp3) is 0.500. The summed E-state index contributed by atoms with van der Waals surface area (Å²) in [5.41, 5.74) is 0.508. The number of piperidine rings is 1. The summed E-state index contributed by atoms with van der Waals surface area (Å²) in [6.45, 7) is 8.96. The summed E-state index contributed by atoms with van der Waals surface area (Å²) in [5, 5.41) is 2.78. The van der Waals surface area contributed by atoms with Crippen LogP contribution in [-0.4, -0.2) is 38.9 Å². The fourth-order valence-corrected chi connectivity index (χ4v) is 4.06. The molecule has 0 unspecified atom stereocenters. The summed E-state index contributed by atoms with van der Waals surface area (Å²) < 4.78 is 1.79. The van der Waals surface area contributed by atoms with Crippen molar-refractivity contribution in [2.24, 2.45) is 5.92 Å². The number of hydrogen-bond acceptors (Lipinski definition) is 4. The minimum absolute atomic E-state index is 0.00939. The number of likely N-dealkylation sites (tertiary alicyclic amines) is 1. The van der Waals surface area contributed by atoms with E-state index in [-0.39, 0.29) is 29.1 Å². The zero-order valence-corrected chi connectivity index (χ0v) is 18.8. The van der Waals surface area contributed by atoms with Gasteiger partial charge in [-0.05, 0) is 50.7 Å². The number of pyridine rings is 2. The molecule has 0 aromatic carbocycles. The molecule has 3 rings (SSSR count). The first-order valence-corrected chi connectivity index (χ1v) is 11.0. The minimum Gasteiger partial charge on any atom is -0.352 e. The summed E-state index contributed by atoms with van der Waals surface area (Å²) in [6.07, 6.45) is 9.37. The Hall–Kier alpha value is -2.96. The lowest BCUT2D eigenvalue weighted by atomic mass is 9.95. The topological polar surface area (TPSA) is 84.3 Å². The van der Waals surface area contributed by atoms with E-state index in [2.05, 4.69) is 24.1 Å². The Morgan fingerprint density at radius 2 is 1.90 bits per heavy atom. The number of hydrogen-bond donors (Lipinski definition) is 1. The van der Waals surface area contributed by atoms with Crippen molar-refractivity contribution in [3.63, 3.8) is 0 Å². The summed E-state index contributed by atoms with van der Waals surface area (Å²) in [6, 6.07) is 3.59. The van der Waals surface area contributed by atoms with Crippen LogP contribution in [0.15, 0.2) is 41.7 Å². The van der Waals surface area contributed by atoms with E-state index in [1.165, 1.54) is 0 Å². The molecule has 0 radical (unpaired) electrons. The van der Waals surface area contributed by atoms with E-state index in [0.717, 1.165) is 24.8 Å². The van der Waals surface area contributed by atoms with Gasteiger partial charge in [-0.15, -0.1) is 0 Å². The Morgan fingerprint density at radius 1 is 1.16 bits per heavy atom. The molecule has 2 aromatic heterocycles. The van der Waals surface area contributed by atoms with Gasteiger partial charge in [0.2, 0.25) is 5.43 Å². The molecule has 1 N–H and O–H groups in total. The highest BCUT2D eigenvalue weighted by Crippen LogP contribution is 2.31. The predicted octanol–water partition coefficient (Wildman–Crippen LogP) is 3.40. The average molecular weight is 425 g/mol. The maximum atomic E-state index is 13.6. The standard InChI is InChI=1S/C24H32N4O3/c1-16(2)13-27-14-19(23(30)26-17(3)4)22(29)20(15-27)24(31)28-11-6-5-9-21(28)18-8-7-10-25-12-18/h7-8,10,12,14-17,21H,5-6,9,11,13H2,1-4H3,(H,26,30)/t21-/m1/s1. The van der Waals surface area contributed by atoms with E-state index >= 15 is 0 Å². The smallest absolute Gasteiger partial charge is 0.259 e. The largest absolute Gasteiger partial charge is 0.352 e. The second-order valence-corrected chi connectivity index (χ2v) is 8.93. The van der Waals surface area contributed by atoms with E-state index in [1.807, 2.05) is 26.0 Å². The average Bonchev–Trinajstić information content (AvgIpc) is 2.74. The lowest BCUT2D eigenvalue weighted by Gasteiger charge is -2.36. The number of rotatable bonds is 6. The molecule has 1 saturated heterocycles. The Balaban J connectivity index is 2.03. The molecule has 0 saturated carbocycles. The molecule has 7 heteroatoms. The van der Waals surface area contributed by atoms with Crippen molar-refractivity contribution >= 4 is 11.8 Å².